The van der Waals surface area contributed by atoms with E-state index in [1.54, 1.807) is 4.90 Å². The summed E-state index contributed by atoms with van der Waals surface area (Å²) in [6, 6.07) is 18.0. The monoisotopic (exact) mass is 340 g/mol. The first kappa shape index (κ1) is 17.5. The van der Waals surface area contributed by atoms with Crippen molar-refractivity contribution in [1.82, 2.24) is 5.32 Å². The van der Waals surface area contributed by atoms with Crippen molar-refractivity contribution in [3.63, 3.8) is 0 Å². The van der Waals surface area contributed by atoms with Gasteiger partial charge < -0.3 is 15.2 Å². The highest BCUT2D eigenvalue weighted by Crippen LogP contribution is 2.21. The number of carbonyl (C=O) groups is 1. The molecule has 0 radical (unpaired) electrons. The maximum absolute atomic E-state index is 11.6. The van der Waals surface area contributed by atoms with Crippen molar-refractivity contribution in [3.8, 4) is 0 Å². The molecule has 3 rings (SSSR count). The van der Waals surface area contributed by atoms with E-state index in [-0.39, 0.29) is 12.1 Å². The van der Waals surface area contributed by atoms with Gasteiger partial charge in [0.1, 0.15) is 6.61 Å². The van der Waals surface area contributed by atoms with E-state index in [1.165, 1.54) is 0 Å². The van der Waals surface area contributed by atoms with Crippen LogP contribution in [0.2, 0.25) is 0 Å². The molecule has 0 spiro atoms. The Balaban J connectivity index is 1.51. The Kier molecular flexibility index (Phi) is 5.68. The van der Waals surface area contributed by atoms with E-state index < -0.39 is 6.10 Å². The first-order valence-electron chi connectivity index (χ1n) is 8.63. The minimum atomic E-state index is -0.427. The van der Waals surface area contributed by atoms with Crippen molar-refractivity contribution >= 4 is 11.8 Å². The first-order valence-corrected chi connectivity index (χ1v) is 8.63. The van der Waals surface area contributed by atoms with Crippen LogP contribution in [0.3, 0.4) is 0 Å². The summed E-state index contributed by atoms with van der Waals surface area (Å²) in [5.41, 5.74) is 3.09. The number of hydrogen-bond acceptors (Lipinski definition) is 4. The zero-order valence-electron chi connectivity index (χ0n) is 14.4. The van der Waals surface area contributed by atoms with Gasteiger partial charge in [0.05, 0.1) is 12.6 Å². The number of aliphatic hydroxyl groups excluding tert-OH is 1. The van der Waals surface area contributed by atoms with Gasteiger partial charge in [-0.1, -0.05) is 42.5 Å². The quantitative estimate of drug-likeness (QED) is 0.814. The highest BCUT2D eigenvalue weighted by molar-refractivity contribution is 5.89. The third kappa shape index (κ3) is 4.59. The lowest BCUT2D eigenvalue weighted by atomic mass is 10.1. The van der Waals surface area contributed by atoms with E-state index in [1.807, 2.05) is 54.6 Å². The molecule has 5 heteroatoms. The second-order valence-electron chi connectivity index (χ2n) is 6.33. The largest absolute Gasteiger partial charge is 0.447 e. The van der Waals surface area contributed by atoms with E-state index >= 15 is 0 Å². The maximum atomic E-state index is 11.6. The number of hydrogen-bond donors (Lipinski definition) is 2. The maximum Gasteiger partial charge on any atom is 0.414 e. The van der Waals surface area contributed by atoms with E-state index in [0.29, 0.717) is 26.1 Å². The smallest absolute Gasteiger partial charge is 0.414 e. The number of benzene rings is 2. The zero-order valence-corrected chi connectivity index (χ0v) is 14.4. The Bertz CT molecular complexity index is 688. The van der Waals surface area contributed by atoms with Crippen LogP contribution in [0, 0.1) is 0 Å². The molecule has 25 heavy (non-hydrogen) atoms. The molecule has 2 atom stereocenters. The fraction of sp³-hybridized carbons (Fsp3) is 0.350. The lowest BCUT2D eigenvalue weighted by molar-refractivity contribution is 0.168. The highest BCUT2D eigenvalue weighted by Gasteiger charge is 2.23. The van der Waals surface area contributed by atoms with Crippen molar-refractivity contribution in [2.75, 3.05) is 24.6 Å². The normalized spacial score (nSPS) is 16.6. The standard InChI is InChI=1S/C20H24N2O3/c1-15(21-14-19(23)13-16-5-3-2-4-6-16)17-7-9-18(10-8-17)22-11-12-25-20(22)24/h2-10,15,19,21,23H,11-14H2,1H3. The molecular formula is C20H24N2O3. The van der Waals surface area contributed by atoms with Gasteiger partial charge in [-0.25, -0.2) is 4.79 Å². The number of carbonyl (C=O) groups excluding carboxylic acids is 1. The summed E-state index contributed by atoms with van der Waals surface area (Å²) in [6.45, 7) is 3.63. The average Bonchev–Trinajstić information content (AvgIpc) is 3.07. The van der Waals surface area contributed by atoms with Crippen LogP contribution in [-0.4, -0.2) is 37.0 Å². The number of rotatable bonds is 7. The zero-order chi connectivity index (χ0) is 17.6. The summed E-state index contributed by atoms with van der Waals surface area (Å²) in [6.07, 6.45) is -0.0808. The van der Waals surface area contributed by atoms with E-state index in [4.69, 9.17) is 4.74 Å². The molecule has 0 aliphatic carbocycles. The van der Waals surface area contributed by atoms with Gasteiger partial charge in [-0.05, 0) is 36.6 Å². The molecule has 0 bridgehead atoms. The molecule has 1 aliphatic rings. The van der Waals surface area contributed by atoms with Gasteiger partial charge in [0, 0.05) is 18.3 Å². The molecule has 1 aliphatic heterocycles. The molecule has 132 valence electrons. The van der Waals surface area contributed by atoms with Gasteiger partial charge >= 0.3 is 6.09 Å². The van der Waals surface area contributed by atoms with Gasteiger partial charge in [0.25, 0.3) is 0 Å². The summed E-state index contributed by atoms with van der Waals surface area (Å²) in [4.78, 5) is 13.2. The molecular weight excluding hydrogens is 316 g/mol. The molecule has 1 amide bonds. The Morgan fingerprint density at radius 1 is 1.16 bits per heavy atom. The number of nitrogens with one attached hydrogen (secondary N) is 1. The van der Waals surface area contributed by atoms with Gasteiger partial charge in [0.2, 0.25) is 0 Å². The summed E-state index contributed by atoms with van der Waals surface area (Å²) in [7, 11) is 0. The molecule has 0 aromatic heterocycles. The average molecular weight is 340 g/mol. The molecule has 1 fully saturated rings. The predicted octanol–water partition coefficient (Wildman–Crippen LogP) is 2.90. The summed E-state index contributed by atoms with van der Waals surface area (Å²) < 4.78 is 4.96. The fourth-order valence-corrected chi connectivity index (χ4v) is 2.96. The molecule has 2 aromatic carbocycles. The molecule has 0 saturated carbocycles. The van der Waals surface area contributed by atoms with Crippen LogP contribution in [0.4, 0.5) is 10.5 Å². The summed E-state index contributed by atoms with van der Waals surface area (Å²) in [5.74, 6) is 0. The predicted molar refractivity (Wildman–Crippen MR) is 97.7 cm³/mol. The molecule has 1 saturated heterocycles. The highest BCUT2D eigenvalue weighted by atomic mass is 16.6. The van der Waals surface area contributed by atoms with Crippen molar-refractivity contribution in [3.05, 3.63) is 65.7 Å². The molecule has 2 aromatic rings. The minimum Gasteiger partial charge on any atom is -0.447 e. The number of ether oxygens (including phenoxy) is 1. The number of amides is 1. The number of nitrogens with zero attached hydrogens (tertiary/aromatic N) is 1. The van der Waals surface area contributed by atoms with Crippen LogP contribution in [0.1, 0.15) is 24.1 Å². The van der Waals surface area contributed by atoms with Crippen molar-refractivity contribution in [2.45, 2.75) is 25.5 Å². The van der Waals surface area contributed by atoms with Gasteiger partial charge in [-0.3, -0.25) is 4.90 Å². The second kappa shape index (κ2) is 8.14. The van der Waals surface area contributed by atoms with Crippen LogP contribution in [-0.2, 0) is 11.2 Å². The van der Waals surface area contributed by atoms with Crippen molar-refractivity contribution in [2.24, 2.45) is 0 Å². The SMILES string of the molecule is CC(NCC(O)Cc1ccccc1)c1ccc(N2CCOC2=O)cc1. The van der Waals surface area contributed by atoms with E-state index in [0.717, 1.165) is 16.8 Å². The van der Waals surface area contributed by atoms with Gasteiger partial charge in [0.15, 0.2) is 0 Å². The Hall–Kier alpha value is -2.37. The third-order valence-electron chi connectivity index (χ3n) is 4.44. The molecule has 2 unspecified atom stereocenters. The Labute approximate surface area is 148 Å². The molecule has 2 N–H and O–H groups in total. The first-order chi connectivity index (χ1) is 12.1. The Morgan fingerprint density at radius 3 is 2.52 bits per heavy atom. The lowest BCUT2D eigenvalue weighted by Gasteiger charge is -2.19. The van der Waals surface area contributed by atoms with Gasteiger partial charge in [-0.15, -0.1) is 0 Å². The topological polar surface area (TPSA) is 61.8 Å². The van der Waals surface area contributed by atoms with Crippen molar-refractivity contribution in [1.29, 1.82) is 0 Å². The Morgan fingerprint density at radius 2 is 1.88 bits per heavy atom. The number of anilines is 1. The number of aliphatic hydroxyl groups is 1. The van der Waals surface area contributed by atoms with Crippen LogP contribution < -0.4 is 10.2 Å². The van der Waals surface area contributed by atoms with Crippen LogP contribution in [0.25, 0.3) is 0 Å². The van der Waals surface area contributed by atoms with E-state index in [2.05, 4.69) is 12.2 Å². The fourth-order valence-electron chi connectivity index (χ4n) is 2.96. The molecule has 1 heterocycles. The minimum absolute atomic E-state index is 0.116. The van der Waals surface area contributed by atoms with Crippen LogP contribution in [0.15, 0.2) is 54.6 Å². The lowest BCUT2D eigenvalue weighted by Crippen LogP contribution is -2.30. The van der Waals surface area contributed by atoms with Crippen molar-refractivity contribution < 1.29 is 14.6 Å². The molecule has 5 nitrogen and oxygen atoms in total. The summed E-state index contributed by atoms with van der Waals surface area (Å²) >= 11 is 0. The van der Waals surface area contributed by atoms with Gasteiger partial charge in [-0.2, -0.15) is 0 Å². The van der Waals surface area contributed by atoms with Crippen LogP contribution >= 0.6 is 0 Å². The third-order valence-corrected chi connectivity index (χ3v) is 4.44. The second-order valence-corrected chi connectivity index (χ2v) is 6.33. The summed E-state index contributed by atoms with van der Waals surface area (Å²) in [5, 5.41) is 13.6. The number of cyclic esters (lactones) is 1. The van der Waals surface area contributed by atoms with E-state index in [9.17, 15) is 9.90 Å². The van der Waals surface area contributed by atoms with Crippen LogP contribution in [0.5, 0.6) is 0 Å².